The van der Waals surface area contributed by atoms with Crippen molar-refractivity contribution in [2.24, 2.45) is 0 Å². The summed E-state index contributed by atoms with van der Waals surface area (Å²) in [6.07, 6.45) is 2.17. The van der Waals surface area contributed by atoms with Crippen molar-refractivity contribution in [3.63, 3.8) is 0 Å². The third-order valence-electron chi connectivity index (χ3n) is 5.93. The predicted octanol–water partition coefficient (Wildman–Crippen LogP) is 4.26. The molecule has 0 saturated heterocycles. The van der Waals surface area contributed by atoms with E-state index in [0.29, 0.717) is 22.7 Å². The van der Waals surface area contributed by atoms with E-state index in [-0.39, 0.29) is 35.2 Å². The van der Waals surface area contributed by atoms with Crippen LogP contribution >= 0.6 is 0 Å². The van der Waals surface area contributed by atoms with Crippen LogP contribution < -0.4 is 9.37 Å². The monoisotopic (exact) mass is 647 g/mol. The van der Waals surface area contributed by atoms with Gasteiger partial charge in [0.1, 0.15) is 10.5 Å². The van der Waals surface area contributed by atoms with E-state index < -0.39 is 37.7 Å². The smallest absolute Gasteiger partial charge is 0.441 e. The molecule has 0 atom stereocenters. The highest BCUT2D eigenvalue weighted by Gasteiger charge is 2.29. The molecule has 0 saturated carbocycles. The lowest BCUT2D eigenvalue weighted by Crippen LogP contribution is -2.38. The number of rotatable bonds is 11. The molecule has 1 amide bonds. The molecular formula is C29H37N5O8S2. The highest BCUT2D eigenvalue weighted by molar-refractivity contribution is 7.92. The van der Waals surface area contributed by atoms with Crippen LogP contribution in [0.3, 0.4) is 0 Å². The number of aromatic nitrogens is 2. The van der Waals surface area contributed by atoms with Gasteiger partial charge in [0.05, 0.1) is 23.7 Å². The molecule has 0 bridgehead atoms. The summed E-state index contributed by atoms with van der Waals surface area (Å²) in [7, 11) is -6.14. The van der Waals surface area contributed by atoms with Gasteiger partial charge in [0, 0.05) is 32.9 Å². The Labute approximate surface area is 258 Å². The lowest BCUT2D eigenvalue weighted by molar-refractivity contribution is -0.142. The summed E-state index contributed by atoms with van der Waals surface area (Å²) in [5.74, 6) is -0.885. The zero-order valence-electron chi connectivity index (χ0n) is 25.5. The Morgan fingerprint density at radius 1 is 0.932 bits per heavy atom. The molecule has 0 aliphatic rings. The lowest BCUT2D eigenvalue weighted by atomic mass is 10.2. The van der Waals surface area contributed by atoms with Crippen LogP contribution in [-0.4, -0.2) is 61.6 Å². The van der Waals surface area contributed by atoms with E-state index in [0.717, 1.165) is 6.92 Å². The zero-order valence-corrected chi connectivity index (χ0v) is 27.1. The van der Waals surface area contributed by atoms with Crippen LogP contribution in [0.1, 0.15) is 52.3 Å². The van der Waals surface area contributed by atoms with Gasteiger partial charge in [-0.2, -0.15) is 4.31 Å². The molecular weight excluding hydrogens is 610 g/mol. The Bertz CT molecular complexity index is 1660. The van der Waals surface area contributed by atoms with Crippen LogP contribution in [0.5, 0.6) is 0 Å². The Hall–Kier alpha value is -4.08. The molecule has 0 spiro atoms. The molecule has 2 aromatic heterocycles. The fourth-order valence-corrected chi connectivity index (χ4v) is 6.50. The maximum atomic E-state index is 13.8. The molecule has 0 unspecified atom stereocenters. The summed E-state index contributed by atoms with van der Waals surface area (Å²) in [6, 6.07) is 13.9. The van der Waals surface area contributed by atoms with Crippen molar-refractivity contribution in [1.29, 1.82) is 0 Å². The number of benzene rings is 1. The predicted molar refractivity (Wildman–Crippen MR) is 164 cm³/mol. The highest BCUT2D eigenvalue weighted by atomic mass is 32.2. The minimum atomic E-state index is -4.11. The maximum Gasteiger partial charge on any atom is 0.450 e. The number of anilines is 2. The highest BCUT2D eigenvalue weighted by Crippen LogP contribution is 2.24. The largest absolute Gasteiger partial charge is 0.450 e. The van der Waals surface area contributed by atoms with Gasteiger partial charge in [-0.1, -0.05) is 30.2 Å². The number of carbonyl (C=O) groups excluding carboxylic acids is 2. The van der Waals surface area contributed by atoms with Gasteiger partial charge in [0.25, 0.3) is 0 Å². The van der Waals surface area contributed by atoms with E-state index in [1.165, 1.54) is 52.3 Å². The van der Waals surface area contributed by atoms with Crippen molar-refractivity contribution < 1.29 is 36.0 Å². The number of carbonyl (C=O) groups is 2. The van der Waals surface area contributed by atoms with Crippen molar-refractivity contribution in [3.05, 3.63) is 78.2 Å². The minimum Gasteiger partial charge on any atom is -0.441 e. The zero-order chi connectivity index (χ0) is 32.7. The Kier molecular flexibility index (Phi) is 11.1. The molecule has 0 aliphatic heterocycles. The third-order valence-corrected chi connectivity index (χ3v) is 9.67. The van der Waals surface area contributed by atoms with Crippen LogP contribution in [0, 0.1) is 0 Å². The van der Waals surface area contributed by atoms with Crippen LogP contribution in [-0.2, 0) is 47.5 Å². The van der Waals surface area contributed by atoms with Gasteiger partial charge in [-0.05, 0) is 69.2 Å². The first-order valence-electron chi connectivity index (χ1n) is 13.7. The number of sulfonamides is 2. The minimum absolute atomic E-state index is 0.00272. The van der Waals surface area contributed by atoms with Crippen molar-refractivity contribution in [3.8, 4) is 0 Å². The fraction of sp³-hybridized carbons (Fsp3) is 0.379. The number of hydroxylamine groups is 1. The van der Waals surface area contributed by atoms with Crippen LogP contribution in [0.4, 0.5) is 16.3 Å². The Morgan fingerprint density at radius 3 is 2.18 bits per heavy atom. The first kappa shape index (κ1) is 34.4. The van der Waals surface area contributed by atoms with E-state index in [1.54, 1.807) is 58.0 Å². The number of pyridine rings is 2. The molecule has 0 fully saturated rings. The molecule has 44 heavy (non-hydrogen) atoms. The number of ether oxygens (including phenoxy) is 1. The summed E-state index contributed by atoms with van der Waals surface area (Å²) < 4.78 is 60.2. The van der Waals surface area contributed by atoms with E-state index >= 15 is 0 Å². The van der Waals surface area contributed by atoms with Gasteiger partial charge >= 0.3 is 12.1 Å². The van der Waals surface area contributed by atoms with E-state index in [4.69, 9.17) is 9.57 Å². The standard InChI is InChI=1S/C29H37N5O8S2/c1-7-18-43(37,38)32(6)25-15-13-23(14-16-25)20-33(44(39,40)26-11-9-17-30-19-26)21-24-10-8-12-27(31-24)34(42-22(2)35)28(36)41-29(3,4)5/h8-17,19H,7,18,20-21H2,1-6H3. The second-order valence-electron chi connectivity index (χ2n) is 10.8. The first-order chi connectivity index (χ1) is 20.5. The number of nitrogens with zero attached hydrogens (tertiary/aromatic N) is 5. The third kappa shape index (κ3) is 9.21. The SMILES string of the molecule is CCCS(=O)(=O)N(C)c1ccc(CN(Cc2cccc(N(OC(C)=O)C(=O)OC(C)(C)C)n2)S(=O)(=O)c2cccnc2)cc1. The number of amides is 1. The van der Waals surface area contributed by atoms with Gasteiger partial charge in [0.15, 0.2) is 5.82 Å². The molecule has 15 heteroatoms. The summed E-state index contributed by atoms with van der Waals surface area (Å²) in [4.78, 5) is 38.0. The summed E-state index contributed by atoms with van der Waals surface area (Å²) in [5, 5.41) is 0.610. The van der Waals surface area contributed by atoms with Crippen LogP contribution in [0.15, 0.2) is 71.9 Å². The molecule has 0 N–H and O–H groups in total. The van der Waals surface area contributed by atoms with Crippen LogP contribution in [0.25, 0.3) is 0 Å². The molecule has 3 aromatic rings. The second kappa shape index (κ2) is 14.1. The fourth-order valence-electron chi connectivity index (χ4n) is 3.90. The van der Waals surface area contributed by atoms with Crippen molar-refractivity contribution in [1.82, 2.24) is 14.3 Å². The first-order valence-corrected chi connectivity index (χ1v) is 16.7. The van der Waals surface area contributed by atoms with Gasteiger partial charge in [-0.3, -0.25) is 9.29 Å². The molecule has 13 nitrogen and oxygen atoms in total. The Morgan fingerprint density at radius 2 is 1.61 bits per heavy atom. The van der Waals surface area contributed by atoms with E-state index in [9.17, 15) is 26.4 Å². The Balaban J connectivity index is 1.97. The number of hydrogen-bond acceptors (Lipinski definition) is 10. The summed E-state index contributed by atoms with van der Waals surface area (Å²) in [6.45, 7) is 7.51. The molecule has 0 radical (unpaired) electrons. The van der Waals surface area contributed by atoms with Crippen molar-refractivity contribution >= 4 is 43.6 Å². The normalized spacial score (nSPS) is 12.1. The van der Waals surface area contributed by atoms with Gasteiger partial charge in [-0.15, -0.1) is 0 Å². The number of hydrogen-bond donors (Lipinski definition) is 0. The van der Waals surface area contributed by atoms with Gasteiger partial charge in [-0.25, -0.2) is 31.4 Å². The molecule has 3 rings (SSSR count). The van der Waals surface area contributed by atoms with Gasteiger partial charge in [0.2, 0.25) is 20.0 Å². The van der Waals surface area contributed by atoms with Crippen LogP contribution in [0.2, 0.25) is 0 Å². The topological polar surface area (TPSA) is 156 Å². The molecule has 0 aliphatic carbocycles. The average Bonchev–Trinajstić information content (AvgIpc) is 2.95. The summed E-state index contributed by atoms with van der Waals surface area (Å²) in [5.41, 5.74) is 0.351. The van der Waals surface area contributed by atoms with E-state index in [1.807, 2.05) is 0 Å². The molecule has 2 heterocycles. The molecule has 238 valence electrons. The lowest BCUT2D eigenvalue weighted by Gasteiger charge is -2.26. The molecule has 1 aromatic carbocycles. The van der Waals surface area contributed by atoms with Gasteiger partial charge < -0.3 is 9.57 Å². The maximum absolute atomic E-state index is 13.8. The van der Waals surface area contributed by atoms with Crippen molar-refractivity contribution in [2.75, 3.05) is 22.2 Å². The van der Waals surface area contributed by atoms with Crippen molar-refractivity contribution in [2.45, 2.75) is 64.6 Å². The second-order valence-corrected chi connectivity index (χ2v) is 14.8. The quantitative estimate of drug-likeness (QED) is 0.276. The van der Waals surface area contributed by atoms with E-state index in [2.05, 4.69) is 9.97 Å². The summed E-state index contributed by atoms with van der Waals surface area (Å²) >= 11 is 0. The average molecular weight is 648 g/mol.